The Morgan fingerprint density at radius 3 is 1.88 bits per heavy atom. The molecular formula is C48H35N3. The van der Waals surface area contributed by atoms with Crippen molar-refractivity contribution in [3.63, 3.8) is 0 Å². The Bertz CT molecular complexity index is 3480. The lowest BCUT2D eigenvalue weighted by atomic mass is 9.82. The van der Waals surface area contributed by atoms with Crippen molar-refractivity contribution in [3.05, 3.63) is 175 Å². The van der Waals surface area contributed by atoms with Crippen LogP contribution in [-0.4, -0.2) is 15.0 Å². The van der Waals surface area contributed by atoms with E-state index in [2.05, 4.69) is 31.0 Å². The van der Waals surface area contributed by atoms with Crippen molar-refractivity contribution in [2.75, 3.05) is 0 Å². The normalized spacial score (nSPS) is 17.8. The first-order chi connectivity index (χ1) is 31.4. The van der Waals surface area contributed by atoms with E-state index in [4.69, 9.17) is 20.9 Å². The van der Waals surface area contributed by atoms with E-state index in [9.17, 15) is 9.60 Å². The van der Waals surface area contributed by atoms with E-state index in [0.29, 0.717) is 24.2 Å². The largest absolute Gasteiger partial charge is 0.208 e. The molecule has 0 spiro atoms. The van der Waals surface area contributed by atoms with Crippen LogP contribution in [0.5, 0.6) is 0 Å². The summed E-state index contributed by atoms with van der Waals surface area (Å²) in [4.78, 5) is 14.3. The van der Waals surface area contributed by atoms with Crippen LogP contribution in [0.25, 0.3) is 90.1 Å². The molecule has 9 rings (SSSR count). The summed E-state index contributed by atoms with van der Waals surface area (Å²) in [5.74, 6) is 0.191. The van der Waals surface area contributed by atoms with Crippen LogP contribution < -0.4 is 0 Å². The molecule has 242 valence electrons. The van der Waals surface area contributed by atoms with Gasteiger partial charge >= 0.3 is 0 Å². The Balaban J connectivity index is 1.33. The summed E-state index contributed by atoms with van der Waals surface area (Å²) in [5.41, 5.74) is 2.95. The molecule has 0 unspecified atom stereocenters. The maximum atomic E-state index is 9.62. The quantitative estimate of drug-likeness (QED) is 0.166. The molecule has 0 saturated carbocycles. The molecule has 0 fully saturated rings. The first-order valence-electron chi connectivity index (χ1n) is 23.8. The molecule has 3 heteroatoms. The van der Waals surface area contributed by atoms with Gasteiger partial charge in [-0.2, -0.15) is 0 Å². The SMILES string of the molecule is [2H]C=C([2H])c1c(C([2H])=C[2H])c2c([2H])c([2H])c(-c3c([2H])c([2H])c(-c4nc(-c5ccccc5)nc(-c5ccc6c(c5)C(C)(C)c5ccccc5-6)n4)c([2H])c3[2H])c([2H])c2c2c([2H])c([2H])c([2H])c([2H])c12. The van der Waals surface area contributed by atoms with E-state index in [1.807, 2.05) is 36.4 Å². The minimum atomic E-state index is -0.789. The van der Waals surface area contributed by atoms with Crippen LogP contribution in [0.2, 0.25) is 0 Å². The highest BCUT2D eigenvalue weighted by Crippen LogP contribution is 2.49. The van der Waals surface area contributed by atoms with Gasteiger partial charge in [-0.05, 0) is 78.2 Å². The number of benzene rings is 7. The summed E-state index contributed by atoms with van der Waals surface area (Å²) in [6.45, 7) is 5.40. The molecule has 8 aromatic rings. The van der Waals surface area contributed by atoms with Gasteiger partial charge in [0.15, 0.2) is 17.5 Å². The van der Waals surface area contributed by atoms with Gasteiger partial charge in [0.25, 0.3) is 0 Å². The molecule has 0 amide bonds. The van der Waals surface area contributed by atoms with Crippen LogP contribution in [0.1, 0.15) is 56.7 Å². The lowest BCUT2D eigenvalue weighted by Gasteiger charge is -2.21. The summed E-state index contributed by atoms with van der Waals surface area (Å²) in [6.07, 6.45) is 0. The van der Waals surface area contributed by atoms with Gasteiger partial charge in [-0.15, -0.1) is 0 Å². The monoisotopic (exact) mass is 668 g/mol. The number of aromatic nitrogens is 3. The molecular weight excluding hydrogens is 619 g/mol. The second kappa shape index (κ2) is 11.9. The zero-order chi connectivity index (χ0) is 47.4. The number of hydrogen-bond acceptors (Lipinski definition) is 3. The Morgan fingerprint density at radius 2 is 1.14 bits per heavy atom. The van der Waals surface area contributed by atoms with Gasteiger partial charge < -0.3 is 0 Å². The third-order valence-corrected chi connectivity index (χ3v) is 9.40. The molecule has 0 bridgehead atoms. The van der Waals surface area contributed by atoms with Crippen LogP contribution >= 0.6 is 0 Å². The van der Waals surface area contributed by atoms with Crippen molar-refractivity contribution in [2.45, 2.75) is 19.3 Å². The average Bonchev–Trinajstić information content (AvgIpc) is 3.56. The first-order valence-corrected chi connectivity index (χ1v) is 16.1. The van der Waals surface area contributed by atoms with Crippen molar-refractivity contribution in [1.29, 1.82) is 0 Å². The Morgan fingerprint density at radius 1 is 0.549 bits per heavy atom. The van der Waals surface area contributed by atoms with E-state index in [0.717, 1.165) is 22.3 Å². The Labute approximate surface area is 319 Å². The highest BCUT2D eigenvalue weighted by atomic mass is 15.0. The van der Waals surface area contributed by atoms with Crippen LogP contribution in [0.4, 0.5) is 0 Å². The van der Waals surface area contributed by atoms with Crippen LogP contribution in [0, 0.1) is 0 Å². The number of hydrogen-bond donors (Lipinski definition) is 0. The fourth-order valence-corrected chi connectivity index (χ4v) is 6.86. The molecule has 51 heavy (non-hydrogen) atoms. The lowest BCUT2D eigenvalue weighted by molar-refractivity contribution is 0.660. The predicted octanol–water partition coefficient (Wildman–Crippen LogP) is 12.4. The lowest BCUT2D eigenvalue weighted by Crippen LogP contribution is -2.15. The van der Waals surface area contributed by atoms with E-state index in [-0.39, 0.29) is 39.4 Å². The van der Waals surface area contributed by atoms with Gasteiger partial charge in [0.05, 0.1) is 20.6 Å². The number of rotatable bonds is 6. The van der Waals surface area contributed by atoms with E-state index >= 15 is 0 Å². The van der Waals surface area contributed by atoms with E-state index < -0.39 is 111 Å². The van der Waals surface area contributed by atoms with Gasteiger partial charge in [0.1, 0.15) is 0 Å². The standard InChI is InChI=1S/C48H35N3/c1-5-35-36(6-2)39-26-24-33(28-42(39)38-17-11-10-16-37(35)38)30-20-22-32(23-21-30)46-49-45(31-14-8-7-9-15-31)50-47(51-46)34-25-27-41-40-18-12-13-19-43(40)48(3,4)44(41)29-34/h5-29H,1-2H2,3-4H3/i1D,2D,5D,6D,10D,11D,16D,17D,20D,21D,22D,23D,24D,26D,28D. The molecule has 0 saturated heterocycles. The van der Waals surface area contributed by atoms with Gasteiger partial charge in [-0.1, -0.05) is 166 Å². The number of nitrogens with zero attached hydrogens (tertiary/aromatic N) is 3. The van der Waals surface area contributed by atoms with Gasteiger partial charge in [0.2, 0.25) is 0 Å². The molecule has 1 aliphatic rings. The fraction of sp³-hybridized carbons (Fsp3) is 0.0625. The molecule has 0 radical (unpaired) electrons. The number of fused-ring (bicyclic) bond motifs is 6. The van der Waals surface area contributed by atoms with Crippen LogP contribution in [-0.2, 0) is 5.41 Å². The van der Waals surface area contributed by atoms with E-state index in [1.165, 1.54) is 0 Å². The van der Waals surface area contributed by atoms with Crippen molar-refractivity contribution in [3.8, 4) is 56.4 Å². The second-order valence-corrected chi connectivity index (χ2v) is 12.6. The highest BCUT2D eigenvalue weighted by molar-refractivity contribution is 6.15. The molecule has 0 N–H and O–H groups in total. The molecule has 1 aromatic heterocycles. The van der Waals surface area contributed by atoms with Crippen molar-refractivity contribution >= 4 is 33.6 Å². The third-order valence-electron chi connectivity index (χ3n) is 9.40. The fourth-order valence-electron chi connectivity index (χ4n) is 6.86. The zero-order valence-electron chi connectivity index (χ0n) is 42.4. The molecule has 1 aliphatic carbocycles. The molecule has 1 heterocycles. The van der Waals surface area contributed by atoms with Crippen molar-refractivity contribution in [1.82, 2.24) is 15.0 Å². The van der Waals surface area contributed by atoms with E-state index in [1.54, 1.807) is 24.3 Å². The second-order valence-electron chi connectivity index (χ2n) is 12.6. The van der Waals surface area contributed by atoms with Gasteiger partial charge in [0, 0.05) is 22.1 Å². The van der Waals surface area contributed by atoms with Gasteiger partial charge in [-0.25, -0.2) is 15.0 Å². The Kier molecular flexibility index (Phi) is 4.30. The minimum Gasteiger partial charge on any atom is -0.208 e. The topological polar surface area (TPSA) is 38.7 Å². The van der Waals surface area contributed by atoms with Crippen LogP contribution in [0.3, 0.4) is 0 Å². The molecule has 0 aliphatic heterocycles. The third kappa shape index (κ3) is 4.93. The summed E-state index contributed by atoms with van der Waals surface area (Å²) >= 11 is 0. The average molecular weight is 669 g/mol. The predicted molar refractivity (Wildman–Crippen MR) is 214 cm³/mol. The zero-order valence-corrected chi connectivity index (χ0v) is 27.4. The maximum Gasteiger partial charge on any atom is 0.164 e. The smallest absolute Gasteiger partial charge is 0.164 e. The van der Waals surface area contributed by atoms with Crippen molar-refractivity contribution in [2.24, 2.45) is 0 Å². The summed E-state index contributed by atoms with van der Waals surface area (Å²) in [7, 11) is 0. The molecule has 7 aromatic carbocycles. The summed E-state index contributed by atoms with van der Waals surface area (Å²) in [6, 6.07) is 13.9. The van der Waals surface area contributed by atoms with Crippen LogP contribution in [0.15, 0.2) is 152 Å². The highest BCUT2D eigenvalue weighted by Gasteiger charge is 2.35. The summed E-state index contributed by atoms with van der Waals surface area (Å²) in [5, 5.41) is -1.59. The Hall–Kier alpha value is -6.45. The first kappa shape index (κ1) is 18.5. The molecule has 0 atom stereocenters. The van der Waals surface area contributed by atoms with Crippen molar-refractivity contribution < 1.29 is 20.6 Å². The maximum absolute atomic E-state index is 9.62. The summed E-state index contributed by atoms with van der Waals surface area (Å²) < 4.78 is 134. The minimum absolute atomic E-state index is 0.188. The molecule has 3 nitrogen and oxygen atoms in total. The van der Waals surface area contributed by atoms with Gasteiger partial charge in [-0.3, -0.25) is 0 Å².